The summed E-state index contributed by atoms with van der Waals surface area (Å²) in [6.45, 7) is 11.4. The Labute approximate surface area is 163 Å². The summed E-state index contributed by atoms with van der Waals surface area (Å²) in [6, 6.07) is 9.93. The van der Waals surface area contributed by atoms with Crippen LogP contribution in [0.25, 0.3) is 0 Å². The Morgan fingerprint density at radius 3 is 2.56 bits per heavy atom. The van der Waals surface area contributed by atoms with Gasteiger partial charge < -0.3 is 19.9 Å². The number of nitrogens with one attached hydrogen (secondary N) is 2. The van der Waals surface area contributed by atoms with Crippen LogP contribution in [0.1, 0.15) is 46.6 Å². The molecule has 1 aromatic rings. The lowest BCUT2D eigenvalue weighted by Gasteiger charge is -2.53. The van der Waals surface area contributed by atoms with Gasteiger partial charge in [0.05, 0.1) is 17.6 Å². The van der Waals surface area contributed by atoms with Gasteiger partial charge in [-0.15, -0.1) is 0 Å². The monoisotopic (exact) mass is 372 g/mol. The molecule has 2 amide bonds. The minimum atomic E-state index is -0.457. The van der Waals surface area contributed by atoms with Crippen LogP contribution in [0.3, 0.4) is 0 Å². The zero-order valence-electron chi connectivity index (χ0n) is 17.4. The van der Waals surface area contributed by atoms with Crippen LogP contribution in [-0.4, -0.2) is 37.8 Å². The summed E-state index contributed by atoms with van der Waals surface area (Å²) >= 11 is 0. The van der Waals surface area contributed by atoms with Crippen LogP contribution >= 0.6 is 0 Å². The maximum Gasteiger partial charge on any atom is 0.482 e. The van der Waals surface area contributed by atoms with Crippen molar-refractivity contribution >= 4 is 13.1 Å². The molecule has 27 heavy (non-hydrogen) atoms. The van der Waals surface area contributed by atoms with Gasteiger partial charge in [0, 0.05) is 7.05 Å². The molecule has 5 atom stereocenters. The standard InChI is InChI=1S/C21H33BN2O3/c1-14-12-17-21(5,15(2)20(14,3)4)27-22(26-17)18(24-19(25)23-6)13-16-10-8-7-9-11-16/h7-11,14-15,17-18H,12-13H2,1-6H3,(H2,23,24,25)/t14?,15?,17?,18?,21-/m0/s1. The van der Waals surface area contributed by atoms with Gasteiger partial charge in [-0.3, -0.25) is 0 Å². The summed E-state index contributed by atoms with van der Waals surface area (Å²) < 4.78 is 13.0. The molecule has 2 aliphatic rings. The largest absolute Gasteiger partial charge is 0.482 e. The topological polar surface area (TPSA) is 59.6 Å². The molecule has 2 N–H and O–H groups in total. The quantitative estimate of drug-likeness (QED) is 0.797. The number of carbonyl (C=O) groups excluding carboxylic acids is 1. The molecule has 0 bridgehead atoms. The molecule has 1 saturated carbocycles. The van der Waals surface area contributed by atoms with Gasteiger partial charge in [-0.2, -0.15) is 0 Å². The van der Waals surface area contributed by atoms with Gasteiger partial charge in [-0.05, 0) is 42.6 Å². The Balaban J connectivity index is 1.83. The third-order valence-electron chi connectivity index (χ3n) is 7.29. The molecule has 6 heteroatoms. The second-order valence-corrected chi connectivity index (χ2v) is 8.99. The number of rotatable bonds is 4. The van der Waals surface area contributed by atoms with Crippen molar-refractivity contribution in [2.75, 3.05) is 7.05 Å². The molecule has 4 unspecified atom stereocenters. The third kappa shape index (κ3) is 3.74. The molecule has 0 spiro atoms. The summed E-state index contributed by atoms with van der Waals surface area (Å²) in [6.07, 6.45) is 1.68. The molecule has 1 aromatic carbocycles. The lowest BCUT2D eigenvalue weighted by atomic mass is 9.57. The maximum atomic E-state index is 12.0. The van der Waals surface area contributed by atoms with Gasteiger partial charge in [0.25, 0.3) is 0 Å². The SMILES string of the molecule is CNC(=O)NC(Cc1ccccc1)B1OC2CC(C)C(C)(C)C(C)[C@]2(C)O1. The fourth-order valence-electron chi connectivity index (χ4n) is 4.61. The first-order valence-corrected chi connectivity index (χ1v) is 10.0. The molecular formula is C21H33BN2O3. The first kappa shape index (κ1) is 20.2. The highest BCUT2D eigenvalue weighted by molar-refractivity contribution is 6.48. The van der Waals surface area contributed by atoms with Crippen molar-refractivity contribution in [2.45, 2.75) is 65.1 Å². The van der Waals surface area contributed by atoms with E-state index in [0.29, 0.717) is 18.3 Å². The normalized spacial score (nSPS) is 33.3. The molecule has 5 nitrogen and oxygen atoms in total. The van der Waals surface area contributed by atoms with Crippen molar-refractivity contribution in [3.8, 4) is 0 Å². The van der Waals surface area contributed by atoms with Gasteiger partial charge in [0.1, 0.15) is 0 Å². The van der Waals surface area contributed by atoms with Crippen LogP contribution in [0.2, 0.25) is 0 Å². The van der Waals surface area contributed by atoms with Gasteiger partial charge in [0.15, 0.2) is 0 Å². The van der Waals surface area contributed by atoms with Crippen LogP contribution in [0.4, 0.5) is 4.79 Å². The van der Waals surface area contributed by atoms with E-state index in [9.17, 15) is 4.79 Å². The third-order valence-corrected chi connectivity index (χ3v) is 7.29. The maximum absolute atomic E-state index is 12.0. The van der Waals surface area contributed by atoms with E-state index < -0.39 is 7.12 Å². The lowest BCUT2D eigenvalue weighted by Crippen LogP contribution is -2.56. The van der Waals surface area contributed by atoms with E-state index in [-0.39, 0.29) is 29.1 Å². The zero-order valence-corrected chi connectivity index (χ0v) is 17.4. The van der Waals surface area contributed by atoms with Crippen LogP contribution < -0.4 is 10.6 Å². The predicted octanol–water partition coefficient (Wildman–Crippen LogP) is 3.43. The molecule has 1 saturated heterocycles. The number of hydrogen-bond acceptors (Lipinski definition) is 3. The smallest absolute Gasteiger partial charge is 0.404 e. The van der Waals surface area contributed by atoms with Crippen molar-refractivity contribution in [2.24, 2.45) is 17.3 Å². The average molecular weight is 372 g/mol. The molecule has 0 aromatic heterocycles. The van der Waals surface area contributed by atoms with Crippen molar-refractivity contribution in [1.82, 2.24) is 10.6 Å². The molecular weight excluding hydrogens is 339 g/mol. The fourth-order valence-corrected chi connectivity index (χ4v) is 4.61. The number of carbonyl (C=O) groups is 1. The van der Waals surface area contributed by atoms with Crippen molar-refractivity contribution in [1.29, 1.82) is 0 Å². The highest BCUT2D eigenvalue weighted by atomic mass is 16.7. The highest BCUT2D eigenvalue weighted by Crippen LogP contribution is 2.54. The minimum absolute atomic E-state index is 0.0466. The first-order chi connectivity index (χ1) is 12.7. The van der Waals surface area contributed by atoms with Crippen LogP contribution in [0.15, 0.2) is 30.3 Å². The van der Waals surface area contributed by atoms with E-state index >= 15 is 0 Å². The summed E-state index contributed by atoms with van der Waals surface area (Å²) in [5.41, 5.74) is 0.972. The van der Waals surface area contributed by atoms with E-state index in [0.717, 1.165) is 12.0 Å². The Hall–Kier alpha value is -1.53. The Kier molecular flexibility index (Phi) is 5.60. The van der Waals surface area contributed by atoms with Gasteiger partial charge >= 0.3 is 13.1 Å². The summed E-state index contributed by atoms with van der Waals surface area (Å²) in [7, 11) is 1.17. The predicted molar refractivity (Wildman–Crippen MR) is 108 cm³/mol. The Bertz CT molecular complexity index is 669. The summed E-state index contributed by atoms with van der Waals surface area (Å²) in [5, 5.41) is 5.68. The number of fused-ring (bicyclic) bond motifs is 1. The molecule has 1 aliphatic heterocycles. The number of amides is 2. The van der Waals surface area contributed by atoms with Gasteiger partial charge in [-0.25, -0.2) is 4.79 Å². The van der Waals surface area contributed by atoms with Gasteiger partial charge in [-0.1, -0.05) is 58.0 Å². The average Bonchev–Trinajstić information content (AvgIpc) is 2.98. The molecule has 1 aliphatic carbocycles. The van der Waals surface area contributed by atoms with Crippen molar-refractivity contribution < 1.29 is 14.1 Å². The molecule has 148 valence electrons. The molecule has 1 heterocycles. The first-order valence-electron chi connectivity index (χ1n) is 10.0. The molecule has 2 fully saturated rings. The second kappa shape index (κ2) is 7.48. The van der Waals surface area contributed by atoms with E-state index in [4.69, 9.17) is 9.31 Å². The van der Waals surface area contributed by atoms with Crippen LogP contribution in [-0.2, 0) is 15.7 Å². The van der Waals surface area contributed by atoms with Crippen LogP contribution in [0.5, 0.6) is 0 Å². The number of hydrogen-bond donors (Lipinski definition) is 2. The van der Waals surface area contributed by atoms with E-state index in [2.05, 4.69) is 57.4 Å². The molecule has 3 rings (SSSR count). The number of benzene rings is 1. The fraction of sp³-hybridized carbons (Fsp3) is 0.667. The van der Waals surface area contributed by atoms with Crippen molar-refractivity contribution in [3.63, 3.8) is 0 Å². The number of urea groups is 1. The molecule has 0 radical (unpaired) electrons. The zero-order chi connectivity index (χ0) is 19.8. The van der Waals surface area contributed by atoms with E-state index in [1.165, 1.54) is 0 Å². The lowest BCUT2D eigenvalue weighted by molar-refractivity contribution is -0.110. The minimum Gasteiger partial charge on any atom is -0.404 e. The highest BCUT2D eigenvalue weighted by Gasteiger charge is 2.61. The van der Waals surface area contributed by atoms with E-state index in [1.54, 1.807) is 7.05 Å². The van der Waals surface area contributed by atoms with Crippen LogP contribution in [0, 0.1) is 17.3 Å². The van der Waals surface area contributed by atoms with Crippen molar-refractivity contribution in [3.05, 3.63) is 35.9 Å². The Morgan fingerprint density at radius 2 is 1.93 bits per heavy atom. The van der Waals surface area contributed by atoms with Gasteiger partial charge in [0.2, 0.25) is 0 Å². The summed E-state index contributed by atoms with van der Waals surface area (Å²) in [4.78, 5) is 12.0. The summed E-state index contributed by atoms with van der Waals surface area (Å²) in [5.74, 6) is 0.647. The second-order valence-electron chi connectivity index (χ2n) is 8.99. The van der Waals surface area contributed by atoms with E-state index in [1.807, 2.05) is 18.2 Å². The Morgan fingerprint density at radius 1 is 1.26 bits per heavy atom.